The molecule has 0 saturated carbocycles. The Bertz CT molecular complexity index is 523. The van der Waals surface area contributed by atoms with E-state index in [1.54, 1.807) is 0 Å². The van der Waals surface area contributed by atoms with Crippen LogP contribution in [0, 0.1) is 13.8 Å². The zero-order valence-corrected chi connectivity index (χ0v) is 10.6. The summed E-state index contributed by atoms with van der Waals surface area (Å²) in [5.41, 5.74) is 4.44. The highest BCUT2D eigenvalue weighted by atomic mass is 16.3. The summed E-state index contributed by atoms with van der Waals surface area (Å²) >= 11 is 0. The van der Waals surface area contributed by atoms with Crippen LogP contribution >= 0.6 is 0 Å². The Labute approximate surface area is 107 Å². The third-order valence-corrected chi connectivity index (χ3v) is 2.89. The van der Waals surface area contributed by atoms with Gasteiger partial charge in [0.15, 0.2) is 0 Å². The lowest BCUT2D eigenvalue weighted by atomic mass is 10.0. The van der Waals surface area contributed by atoms with Gasteiger partial charge in [-0.1, -0.05) is 12.1 Å². The van der Waals surface area contributed by atoms with E-state index in [-0.39, 0.29) is 6.61 Å². The van der Waals surface area contributed by atoms with Gasteiger partial charge in [-0.15, -0.1) is 10.2 Å². The van der Waals surface area contributed by atoms with Crippen molar-refractivity contribution in [2.45, 2.75) is 13.8 Å². The molecular weight excluding hydrogens is 226 g/mol. The summed E-state index contributed by atoms with van der Waals surface area (Å²) in [4.78, 5) is 0. The van der Waals surface area contributed by atoms with Crippen LogP contribution < -0.4 is 5.32 Å². The van der Waals surface area contributed by atoms with Crippen molar-refractivity contribution in [2.75, 3.05) is 18.5 Å². The molecule has 4 heteroatoms. The number of rotatable bonds is 4. The Morgan fingerprint density at radius 2 is 1.89 bits per heavy atom. The number of nitrogens with zero attached hydrogens (tertiary/aromatic N) is 2. The molecule has 0 bridgehead atoms. The van der Waals surface area contributed by atoms with Gasteiger partial charge < -0.3 is 10.4 Å². The molecule has 94 valence electrons. The molecule has 0 amide bonds. The number of hydrogen-bond acceptors (Lipinski definition) is 4. The van der Waals surface area contributed by atoms with E-state index >= 15 is 0 Å². The molecule has 0 aliphatic heterocycles. The van der Waals surface area contributed by atoms with Gasteiger partial charge in [-0.3, -0.25) is 0 Å². The standard InChI is InChI=1S/C14H17N3O/c1-10-3-4-12(9-11(10)2)13-5-6-14(17-16-13)15-7-8-18/h3-6,9,18H,7-8H2,1-2H3,(H,15,17). The minimum Gasteiger partial charge on any atom is -0.395 e. The molecule has 0 unspecified atom stereocenters. The Balaban J connectivity index is 2.20. The van der Waals surface area contributed by atoms with Crippen LogP contribution in [0.5, 0.6) is 0 Å². The van der Waals surface area contributed by atoms with Crippen molar-refractivity contribution in [1.82, 2.24) is 10.2 Å². The molecule has 1 aromatic carbocycles. The first kappa shape index (κ1) is 12.5. The van der Waals surface area contributed by atoms with E-state index in [0.717, 1.165) is 11.3 Å². The summed E-state index contributed by atoms with van der Waals surface area (Å²) in [5.74, 6) is 0.677. The topological polar surface area (TPSA) is 58.0 Å². The van der Waals surface area contributed by atoms with Crippen molar-refractivity contribution >= 4 is 5.82 Å². The highest BCUT2D eigenvalue weighted by Crippen LogP contribution is 2.20. The van der Waals surface area contributed by atoms with Crippen LogP contribution in [-0.2, 0) is 0 Å². The summed E-state index contributed by atoms with van der Waals surface area (Å²) in [6.07, 6.45) is 0. The molecule has 0 aliphatic carbocycles. The molecule has 0 fully saturated rings. The van der Waals surface area contributed by atoms with E-state index in [2.05, 4.69) is 41.5 Å². The highest BCUT2D eigenvalue weighted by Gasteiger charge is 2.02. The number of aromatic nitrogens is 2. The molecule has 0 spiro atoms. The van der Waals surface area contributed by atoms with Crippen molar-refractivity contribution in [1.29, 1.82) is 0 Å². The highest BCUT2D eigenvalue weighted by molar-refractivity contribution is 5.61. The summed E-state index contributed by atoms with van der Waals surface area (Å²) in [5, 5.41) is 19.9. The van der Waals surface area contributed by atoms with Gasteiger partial charge in [0, 0.05) is 12.1 Å². The van der Waals surface area contributed by atoms with E-state index in [4.69, 9.17) is 5.11 Å². The second-order valence-electron chi connectivity index (χ2n) is 4.25. The molecule has 1 heterocycles. The normalized spacial score (nSPS) is 10.4. The van der Waals surface area contributed by atoms with Gasteiger partial charge in [-0.2, -0.15) is 0 Å². The Morgan fingerprint density at radius 1 is 1.06 bits per heavy atom. The zero-order chi connectivity index (χ0) is 13.0. The third-order valence-electron chi connectivity index (χ3n) is 2.89. The lowest BCUT2D eigenvalue weighted by molar-refractivity contribution is 0.311. The molecule has 2 N–H and O–H groups in total. The number of anilines is 1. The SMILES string of the molecule is Cc1ccc(-c2ccc(NCCO)nn2)cc1C. The maximum atomic E-state index is 8.71. The van der Waals surface area contributed by atoms with Gasteiger partial charge in [0.05, 0.1) is 12.3 Å². The van der Waals surface area contributed by atoms with Crippen LogP contribution in [0.3, 0.4) is 0 Å². The summed E-state index contributed by atoms with van der Waals surface area (Å²) in [6, 6.07) is 10.0. The number of nitrogens with one attached hydrogen (secondary N) is 1. The third kappa shape index (κ3) is 2.84. The zero-order valence-electron chi connectivity index (χ0n) is 10.6. The van der Waals surface area contributed by atoms with Crippen LogP contribution in [0.4, 0.5) is 5.82 Å². The molecule has 2 rings (SSSR count). The number of hydrogen-bond donors (Lipinski definition) is 2. The molecule has 0 saturated heterocycles. The molecule has 4 nitrogen and oxygen atoms in total. The van der Waals surface area contributed by atoms with Crippen LogP contribution in [-0.4, -0.2) is 28.5 Å². The molecule has 0 radical (unpaired) electrons. The van der Waals surface area contributed by atoms with Crippen molar-refractivity contribution in [3.05, 3.63) is 41.5 Å². The van der Waals surface area contributed by atoms with Gasteiger partial charge >= 0.3 is 0 Å². The average Bonchev–Trinajstić information content (AvgIpc) is 2.40. The fourth-order valence-corrected chi connectivity index (χ4v) is 1.67. The number of aliphatic hydroxyl groups excluding tert-OH is 1. The second kappa shape index (κ2) is 5.60. The summed E-state index contributed by atoms with van der Waals surface area (Å²) in [7, 11) is 0. The predicted molar refractivity (Wildman–Crippen MR) is 72.5 cm³/mol. The first-order valence-electron chi connectivity index (χ1n) is 5.97. The molecular formula is C14H17N3O. The number of benzene rings is 1. The van der Waals surface area contributed by atoms with E-state index < -0.39 is 0 Å². The maximum Gasteiger partial charge on any atom is 0.148 e. The Kier molecular flexibility index (Phi) is 3.89. The summed E-state index contributed by atoms with van der Waals surface area (Å²) < 4.78 is 0. The van der Waals surface area contributed by atoms with Crippen LogP contribution in [0.1, 0.15) is 11.1 Å². The van der Waals surface area contributed by atoms with Gasteiger partial charge in [-0.25, -0.2) is 0 Å². The average molecular weight is 243 g/mol. The monoisotopic (exact) mass is 243 g/mol. The van der Waals surface area contributed by atoms with Crippen molar-refractivity contribution in [3.8, 4) is 11.3 Å². The van der Waals surface area contributed by atoms with Gasteiger partial charge in [0.1, 0.15) is 5.82 Å². The Hall–Kier alpha value is -1.94. The van der Waals surface area contributed by atoms with E-state index in [1.807, 2.05) is 18.2 Å². The molecule has 0 atom stereocenters. The summed E-state index contributed by atoms with van der Waals surface area (Å²) in [6.45, 7) is 4.74. The minimum absolute atomic E-state index is 0.0839. The second-order valence-corrected chi connectivity index (χ2v) is 4.25. The van der Waals surface area contributed by atoms with Crippen LogP contribution in [0.15, 0.2) is 30.3 Å². The van der Waals surface area contributed by atoms with Gasteiger partial charge in [0.2, 0.25) is 0 Å². The van der Waals surface area contributed by atoms with E-state index in [1.165, 1.54) is 11.1 Å². The Morgan fingerprint density at radius 3 is 2.50 bits per heavy atom. The van der Waals surface area contributed by atoms with Crippen LogP contribution in [0.25, 0.3) is 11.3 Å². The molecule has 2 aromatic rings. The van der Waals surface area contributed by atoms with Gasteiger partial charge in [0.25, 0.3) is 0 Å². The van der Waals surface area contributed by atoms with Crippen molar-refractivity contribution in [3.63, 3.8) is 0 Å². The fourth-order valence-electron chi connectivity index (χ4n) is 1.67. The van der Waals surface area contributed by atoms with Crippen molar-refractivity contribution < 1.29 is 5.11 Å². The number of aryl methyl sites for hydroxylation is 2. The molecule has 18 heavy (non-hydrogen) atoms. The maximum absolute atomic E-state index is 8.71. The smallest absolute Gasteiger partial charge is 0.148 e. The van der Waals surface area contributed by atoms with Crippen LogP contribution in [0.2, 0.25) is 0 Å². The van der Waals surface area contributed by atoms with E-state index in [0.29, 0.717) is 12.4 Å². The van der Waals surface area contributed by atoms with Crippen molar-refractivity contribution in [2.24, 2.45) is 0 Å². The quantitative estimate of drug-likeness (QED) is 0.864. The van der Waals surface area contributed by atoms with E-state index in [9.17, 15) is 0 Å². The predicted octanol–water partition coefficient (Wildman–Crippen LogP) is 2.16. The lowest BCUT2D eigenvalue weighted by Crippen LogP contribution is -2.07. The lowest BCUT2D eigenvalue weighted by Gasteiger charge is -2.06. The fraction of sp³-hybridized carbons (Fsp3) is 0.286. The van der Waals surface area contributed by atoms with Gasteiger partial charge in [-0.05, 0) is 43.2 Å². The largest absolute Gasteiger partial charge is 0.395 e. The first-order chi connectivity index (χ1) is 8.70. The number of aliphatic hydroxyl groups is 1. The first-order valence-corrected chi connectivity index (χ1v) is 5.97. The molecule has 1 aromatic heterocycles. The minimum atomic E-state index is 0.0839. The molecule has 0 aliphatic rings.